The number of benzene rings is 1. The number of nitrogens with one attached hydrogen (secondary N) is 1. The fourth-order valence-electron chi connectivity index (χ4n) is 1.54. The molecule has 3 nitrogen and oxygen atoms in total. The molecule has 1 aromatic carbocycles. The molecule has 0 aliphatic heterocycles. The molecule has 2 rings (SSSR count). The van der Waals surface area contributed by atoms with E-state index in [0.717, 1.165) is 10.6 Å². The van der Waals surface area contributed by atoms with Crippen molar-refractivity contribution in [1.82, 2.24) is 0 Å². The zero-order valence-corrected chi connectivity index (χ0v) is 13.3. The molecule has 20 heavy (non-hydrogen) atoms. The third-order valence-electron chi connectivity index (χ3n) is 2.68. The summed E-state index contributed by atoms with van der Waals surface area (Å²) in [7, 11) is 0. The van der Waals surface area contributed by atoms with Crippen molar-refractivity contribution in [3.8, 4) is 5.75 Å². The number of anilines is 1. The van der Waals surface area contributed by atoms with Crippen molar-refractivity contribution in [2.45, 2.75) is 13.8 Å². The minimum atomic E-state index is -0.225. The molecule has 1 heterocycles. The van der Waals surface area contributed by atoms with E-state index in [2.05, 4.69) is 5.32 Å². The summed E-state index contributed by atoms with van der Waals surface area (Å²) >= 11 is 13.3. The minimum absolute atomic E-state index is 0.0999. The summed E-state index contributed by atoms with van der Waals surface area (Å²) in [6, 6.07) is 6.81. The van der Waals surface area contributed by atoms with Gasteiger partial charge in [-0.15, -0.1) is 11.3 Å². The fraction of sp³-hybridized carbons (Fsp3) is 0.214. The van der Waals surface area contributed by atoms with Crippen LogP contribution < -0.4 is 10.1 Å². The highest BCUT2D eigenvalue weighted by Gasteiger charge is 2.09. The van der Waals surface area contributed by atoms with Gasteiger partial charge in [0.05, 0.1) is 10.0 Å². The molecule has 1 N–H and O–H groups in total. The van der Waals surface area contributed by atoms with Gasteiger partial charge in [0.15, 0.2) is 6.61 Å². The van der Waals surface area contributed by atoms with Crippen molar-refractivity contribution in [1.29, 1.82) is 0 Å². The Balaban J connectivity index is 1.92. The SMILES string of the molecule is Cc1cc(NC(=O)COc2ccc(Cl)cc2Cl)sc1C. The topological polar surface area (TPSA) is 38.3 Å². The van der Waals surface area contributed by atoms with Crippen molar-refractivity contribution >= 4 is 45.4 Å². The Kier molecular flexibility index (Phi) is 4.91. The number of aryl methyl sites for hydroxylation is 2. The summed E-state index contributed by atoms with van der Waals surface area (Å²) in [6.45, 7) is 3.92. The number of hydrogen-bond acceptors (Lipinski definition) is 3. The molecule has 0 fully saturated rings. The Morgan fingerprint density at radius 1 is 1.30 bits per heavy atom. The molecule has 1 aromatic heterocycles. The molecule has 0 spiro atoms. The molecule has 0 saturated carbocycles. The second kappa shape index (κ2) is 6.48. The van der Waals surface area contributed by atoms with Gasteiger partial charge in [-0.3, -0.25) is 4.79 Å². The monoisotopic (exact) mass is 329 g/mol. The van der Waals surface area contributed by atoms with Crippen LogP contribution in [0.25, 0.3) is 0 Å². The van der Waals surface area contributed by atoms with E-state index in [1.165, 1.54) is 16.2 Å². The van der Waals surface area contributed by atoms with E-state index in [0.29, 0.717) is 15.8 Å². The number of amides is 1. The lowest BCUT2D eigenvalue weighted by Crippen LogP contribution is -2.19. The maximum Gasteiger partial charge on any atom is 0.262 e. The van der Waals surface area contributed by atoms with Crippen LogP contribution in [-0.2, 0) is 4.79 Å². The standard InChI is InChI=1S/C14H13Cl2NO2S/c1-8-5-14(20-9(8)2)17-13(18)7-19-12-4-3-10(15)6-11(12)16/h3-6H,7H2,1-2H3,(H,17,18). The predicted octanol–water partition coefficient (Wildman–Crippen LogP) is 4.69. The molecule has 0 aliphatic carbocycles. The largest absolute Gasteiger partial charge is 0.482 e. The molecule has 0 bridgehead atoms. The van der Waals surface area contributed by atoms with Gasteiger partial charge in [-0.1, -0.05) is 23.2 Å². The smallest absolute Gasteiger partial charge is 0.262 e. The van der Waals surface area contributed by atoms with Crippen molar-refractivity contribution in [2.24, 2.45) is 0 Å². The maximum absolute atomic E-state index is 11.8. The van der Waals surface area contributed by atoms with E-state index in [1.807, 2.05) is 19.9 Å². The quantitative estimate of drug-likeness (QED) is 0.883. The van der Waals surface area contributed by atoms with E-state index in [-0.39, 0.29) is 12.5 Å². The van der Waals surface area contributed by atoms with Crippen LogP contribution in [0.3, 0.4) is 0 Å². The number of halogens is 2. The molecular formula is C14H13Cl2NO2S. The van der Waals surface area contributed by atoms with Crippen molar-refractivity contribution in [2.75, 3.05) is 11.9 Å². The van der Waals surface area contributed by atoms with Crippen molar-refractivity contribution in [3.05, 3.63) is 44.8 Å². The molecule has 2 aromatic rings. The lowest BCUT2D eigenvalue weighted by molar-refractivity contribution is -0.118. The molecule has 0 radical (unpaired) electrons. The van der Waals surface area contributed by atoms with Gasteiger partial charge in [0.2, 0.25) is 0 Å². The number of carbonyl (C=O) groups is 1. The van der Waals surface area contributed by atoms with Crippen LogP contribution in [0.1, 0.15) is 10.4 Å². The Labute approximate surface area is 131 Å². The van der Waals surface area contributed by atoms with E-state index in [1.54, 1.807) is 18.2 Å². The second-order valence-electron chi connectivity index (χ2n) is 4.26. The first kappa shape index (κ1) is 15.2. The third-order valence-corrected chi connectivity index (χ3v) is 4.28. The Morgan fingerprint density at radius 2 is 2.05 bits per heavy atom. The van der Waals surface area contributed by atoms with Crippen molar-refractivity contribution < 1.29 is 9.53 Å². The van der Waals surface area contributed by atoms with Gasteiger partial charge in [0.1, 0.15) is 5.75 Å². The summed E-state index contributed by atoms with van der Waals surface area (Å²) in [5.41, 5.74) is 1.16. The van der Waals surface area contributed by atoms with E-state index < -0.39 is 0 Å². The molecule has 0 unspecified atom stereocenters. The second-order valence-corrected chi connectivity index (χ2v) is 6.36. The summed E-state index contributed by atoms with van der Waals surface area (Å²) in [5, 5.41) is 4.51. The summed E-state index contributed by atoms with van der Waals surface area (Å²) in [5.74, 6) is 0.210. The first-order valence-electron chi connectivity index (χ1n) is 5.90. The van der Waals surface area contributed by atoms with Gasteiger partial charge in [0, 0.05) is 9.90 Å². The number of ether oxygens (including phenoxy) is 1. The van der Waals surface area contributed by atoms with Gasteiger partial charge < -0.3 is 10.1 Å². The molecule has 0 saturated heterocycles. The molecule has 6 heteroatoms. The highest BCUT2D eigenvalue weighted by molar-refractivity contribution is 7.16. The number of hydrogen-bond donors (Lipinski definition) is 1. The van der Waals surface area contributed by atoms with Gasteiger partial charge in [0.25, 0.3) is 5.91 Å². The van der Waals surface area contributed by atoms with Crippen LogP contribution in [0.4, 0.5) is 5.00 Å². The lowest BCUT2D eigenvalue weighted by Gasteiger charge is -2.08. The van der Waals surface area contributed by atoms with Gasteiger partial charge in [-0.2, -0.15) is 0 Å². The molecule has 0 atom stereocenters. The highest BCUT2D eigenvalue weighted by atomic mass is 35.5. The van der Waals surface area contributed by atoms with Gasteiger partial charge in [-0.05, 0) is 43.7 Å². The molecule has 106 valence electrons. The van der Waals surface area contributed by atoms with E-state index in [9.17, 15) is 4.79 Å². The van der Waals surface area contributed by atoms with Gasteiger partial charge >= 0.3 is 0 Å². The third kappa shape index (κ3) is 3.88. The summed E-state index contributed by atoms with van der Waals surface area (Å²) in [6.07, 6.45) is 0. The average molecular weight is 330 g/mol. The summed E-state index contributed by atoms with van der Waals surface area (Å²) in [4.78, 5) is 13.0. The van der Waals surface area contributed by atoms with Crippen LogP contribution in [0.15, 0.2) is 24.3 Å². The van der Waals surface area contributed by atoms with Gasteiger partial charge in [-0.25, -0.2) is 0 Å². The predicted molar refractivity (Wildman–Crippen MR) is 84.4 cm³/mol. The first-order chi connectivity index (χ1) is 9.45. The Hall–Kier alpha value is -1.23. The average Bonchev–Trinajstić information content (AvgIpc) is 2.67. The Morgan fingerprint density at radius 3 is 2.65 bits per heavy atom. The molecule has 0 aliphatic rings. The number of rotatable bonds is 4. The normalized spacial score (nSPS) is 10.4. The van der Waals surface area contributed by atoms with Crippen LogP contribution >= 0.6 is 34.5 Å². The van der Waals surface area contributed by atoms with E-state index >= 15 is 0 Å². The Bertz CT molecular complexity index is 621. The fourth-order valence-corrected chi connectivity index (χ4v) is 2.96. The number of carbonyl (C=O) groups excluding carboxylic acids is 1. The van der Waals surface area contributed by atoms with Crippen LogP contribution in [0.5, 0.6) is 5.75 Å². The first-order valence-corrected chi connectivity index (χ1v) is 7.47. The lowest BCUT2D eigenvalue weighted by atomic mass is 10.3. The van der Waals surface area contributed by atoms with Crippen LogP contribution in [0, 0.1) is 13.8 Å². The van der Waals surface area contributed by atoms with E-state index in [4.69, 9.17) is 27.9 Å². The number of thiophene rings is 1. The molecule has 1 amide bonds. The maximum atomic E-state index is 11.8. The zero-order valence-electron chi connectivity index (χ0n) is 11.0. The summed E-state index contributed by atoms with van der Waals surface area (Å²) < 4.78 is 5.36. The van der Waals surface area contributed by atoms with Crippen LogP contribution in [0.2, 0.25) is 10.0 Å². The molecular weight excluding hydrogens is 317 g/mol. The zero-order chi connectivity index (χ0) is 14.7. The minimum Gasteiger partial charge on any atom is -0.482 e. The van der Waals surface area contributed by atoms with Crippen molar-refractivity contribution in [3.63, 3.8) is 0 Å². The van der Waals surface area contributed by atoms with Crippen LogP contribution in [-0.4, -0.2) is 12.5 Å². The highest BCUT2D eigenvalue weighted by Crippen LogP contribution is 2.28.